The predicted molar refractivity (Wildman–Crippen MR) is 81.3 cm³/mol. The normalized spacial score (nSPS) is 16.2. The van der Waals surface area contributed by atoms with Crippen LogP contribution in [0.5, 0.6) is 0 Å². The third-order valence-corrected chi connectivity index (χ3v) is 4.13. The average molecular weight is 270 g/mol. The second-order valence-corrected chi connectivity index (χ2v) is 5.75. The molecule has 0 bridgehead atoms. The largest absolute Gasteiger partial charge is 0.360 e. The Kier molecular flexibility index (Phi) is 4.05. The van der Waals surface area contributed by atoms with Crippen molar-refractivity contribution in [1.29, 1.82) is 0 Å². The Morgan fingerprint density at radius 3 is 2.55 bits per heavy atom. The minimum absolute atomic E-state index is 0.765. The van der Waals surface area contributed by atoms with Gasteiger partial charge in [-0.1, -0.05) is 42.6 Å². The highest BCUT2D eigenvalue weighted by molar-refractivity contribution is 5.59. The fourth-order valence-electron chi connectivity index (χ4n) is 3.05. The van der Waals surface area contributed by atoms with E-state index >= 15 is 0 Å². The lowest BCUT2D eigenvalue weighted by atomic mass is 9.89. The molecule has 3 nitrogen and oxygen atoms in total. The molecule has 106 valence electrons. The molecular formula is C17H22N2O. The van der Waals surface area contributed by atoms with Gasteiger partial charge in [-0.3, -0.25) is 0 Å². The van der Waals surface area contributed by atoms with Crippen molar-refractivity contribution in [2.24, 2.45) is 5.92 Å². The van der Waals surface area contributed by atoms with E-state index in [-0.39, 0.29) is 0 Å². The van der Waals surface area contributed by atoms with E-state index in [4.69, 9.17) is 4.52 Å². The Morgan fingerprint density at radius 1 is 1.15 bits per heavy atom. The molecule has 0 amide bonds. The molecule has 3 heteroatoms. The second-order valence-electron chi connectivity index (χ2n) is 5.75. The Balaban J connectivity index is 1.83. The van der Waals surface area contributed by atoms with Crippen molar-refractivity contribution < 1.29 is 4.52 Å². The van der Waals surface area contributed by atoms with Gasteiger partial charge in [-0.05, 0) is 37.8 Å². The van der Waals surface area contributed by atoms with Gasteiger partial charge in [0.2, 0.25) is 0 Å². The van der Waals surface area contributed by atoms with Crippen molar-refractivity contribution in [3.8, 4) is 0 Å². The maximum atomic E-state index is 5.26. The number of hydrogen-bond acceptors (Lipinski definition) is 3. The molecule has 0 spiro atoms. The molecule has 1 fully saturated rings. The van der Waals surface area contributed by atoms with E-state index in [1.54, 1.807) is 0 Å². The number of anilines is 2. The average Bonchev–Trinajstić information content (AvgIpc) is 2.93. The first-order chi connectivity index (χ1) is 9.83. The molecule has 1 aliphatic carbocycles. The van der Waals surface area contributed by atoms with Gasteiger partial charge in [0.25, 0.3) is 0 Å². The van der Waals surface area contributed by atoms with E-state index in [1.807, 2.05) is 13.0 Å². The van der Waals surface area contributed by atoms with Crippen molar-refractivity contribution in [3.05, 3.63) is 42.2 Å². The van der Waals surface area contributed by atoms with Gasteiger partial charge >= 0.3 is 0 Å². The first-order valence-corrected chi connectivity index (χ1v) is 7.59. The molecule has 0 aliphatic heterocycles. The zero-order valence-corrected chi connectivity index (χ0v) is 12.1. The highest BCUT2D eigenvalue weighted by Crippen LogP contribution is 2.30. The minimum atomic E-state index is 0.765. The zero-order chi connectivity index (χ0) is 13.8. The number of aromatic nitrogens is 1. The van der Waals surface area contributed by atoms with E-state index in [9.17, 15) is 0 Å². The summed E-state index contributed by atoms with van der Waals surface area (Å²) in [6.45, 7) is 2.98. The van der Waals surface area contributed by atoms with Gasteiger partial charge < -0.3 is 9.42 Å². The minimum Gasteiger partial charge on any atom is -0.360 e. The third-order valence-electron chi connectivity index (χ3n) is 4.13. The molecule has 1 aromatic heterocycles. The molecule has 1 saturated carbocycles. The maximum Gasteiger partial charge on any atom is 0.176 e. The Labute approximate surface area is 120 Å². The molecule has 2 aromatic rings. The lowest BCUT2D eigenvalue weighted by Gasteiger charge is -2.29. The summed E-state index contributed by atoms with van der Waals surface area (Å²) in [6, 6.07) is 12.5. The molecule has 3 rings (SSSR count). The van der Waals surface area contributed by atoms with Crippen LogP contribution in [-0.2, 0) is 0 Å². The quantitative estimate of drug-likeness (QED) is 0.806. The summed E-state index contributed by atoms with van der Waals surface area (Å²) in [5.41, 5.74) is 1.20. The smallest absolute Gasteiger partial charge is 0.176 e. The van der Waals surface area contributed by atoms with Gasteiger partial charge in [-0.15, -0.1) is 0 Å². The number of nitrogens with zero attached hydrogens (tertiary/aromatic N) is 2. The summed E-state index contributed by atoms with van der Waals surface area (Å²) < 4.78 is 5.26. The summed E-state index contributed by atoms with van der Waals surface area (Å²) >= 11 is 0. The van der Waals surface area contributed by atoms with E-state index in [1.165, 1.54) is 37.8 Å². The van der Waals surface area contributed by atoms with Gasteiger partial charge in [-0.25, -0.2) is 0 Å². The van der Waals surface area contributed by atoms with Gasteiger partial charge in [0.1, 0.15) is 5.76 Å². The van der Waals surface area contributed by atoms with Crippen LogP contribution in [0.15, 0.2) is 40.9 Å². The van der Waals surface area contributed by atoms with E-state index in [0.717, 1.165) is 24.0 Å². The third kappa shape index (κ3) is 3.03. The molecule has 1 heterocycles. The topological polar surface area (TPSA) is 29.3 Å². The Morgan fingerprint density at radius 2 is 1.90 bits per heavy atom. The lowest BCUT2D eigenvalue weighted by Crippen LogP contribution is -2.26. The van der Waals surface area contributed by atoms with Crippen molar-refractivity contribution in [1.82, 2.24) is 5.16 Å². The standard InChI is InChI=1S/C17H22N2O/c1-14-12-17(18-20-14)19(16-10-6-3-7-11-16)13-15-8-4-2-5-9-15/h3,6-7,10-12,15H,2,4-5,8-9,13H2,1H3. The fourth-order valence-corrected chi connectivity index (χ4v) is 3.05. The van der Waals surface area contributed by atoms with Crippen LogP contribution in [-0.4, -0.2) is 11.7 Å². The SMILES string of the molecule is Cc1cc(N(CC2CCCCC2)c2ccccc2)no1. The van der Waals surface area contributed by atoms with E-state index in [2.05, 4.69) is 40.4 Å². The molecule has 1 aromatic carbocycles. The number of para-hydroxylation sites is 1. The lowest BCUT2D eigenvalue weighted by molar-refractivity contribution is 0.361. The summed E-state index contributed by atoms with van der Waals surface area (Å²) in [4.78, 5) is 2.30. The number of rotatable bonds is 4. The Bertz CT molecular complexity index is 529. The van der Waals surface area contributed by atoms with Crippen LogP contribution in [0.4, 0.5) is 11.5 Å². The molecule has 1 aliphatic rings. The van der Waals surface area contributed by atoms with Crippen molar-refractivity contribution in [2.75, 3.05) is 11.4 Å². The summed E-state index contributed by atoms with van der Waals surface area (Å²) in [6.07, 6.45) is 6.79. The van der Waals surface area contributed by atoms with Crippen molar-refractivity contribution in [2.45, 2.75) is 39.0 Å². The highest BCUT2D eigenvalue weighted by Gasteiger charge is 2.20. The van der Waals surface area contributed by atoms with Crippen molar-refractivity contribution >= 4 is 11.5 Å². The fraction of sp³-hybridized carbons (Fsp3) is 0.471. The van der Waals surface area contributed by atoms with Gasteiger partial charge in [0.05, 0.1) is 0 Å². The molecular weight excluding hydrogens is 248 g/mol. The summed E-state index contributed by atoms with van der Waals surface area (Å²) in [7, 11) is 0. The van der Waals surface area contributed by atoms with Crippen molar-refractivity contribution in [3.63, 3.8) is 0 Å². The molecule has 0 atom stereocenters. The predicted octanol–water partition coefficient (Wildman–Crippen LogP) is 4.70. The van der Waals surface area contributed by atoms with Gasteiger partial charge in [0.15, 0.2) is 5.82 Å². The van der Waals surface area contributed by atoms with Crippen LogP contribution in [0, 0.1) is 12.8 Å². The molecule has 0 N–H and O–H groups in total. The monoisotopic (exact) mass is 270 g/mol. The van der Waals surface area contributed by atoms with E-state index in [0.29, 0.717) is 0 Å². The summed E-state index contributed by atoms with van der Waals surface area (Å²) in [5, 5.41) is 4.21. The maximum absolute atomic E-state index is 5.26. The highest BCUT2D eigenvalue weighted by atomic mass is 16.5. The zero-order valence-electron chi connectivity index (χ0n) is 12.1. The first kappa shape index (κ1) is 13.2. The number of benzene rings is 1. The van der Waals surface area contributed by atoms with Crippen LogP contribution in [0.3, 0.4) is 0 Å². The summed E-state index contributed by atoms with van der Waals surface area (Å²) in [5.74, 6) is 2.56. The van der Waals surface area contributed by atoms with Crippen LogP contribution in [0.1, 0.15) is 37.9 Å². The van der Waals surface area contributed by atoms with Crippen LogP contribution in [0.2, 0.25) is 0 Å². The Hall–Kier alpha value is -1.77. The second kappa shape index (κ2) is 6.12. The first-order valence-electron chi connectivity index (χ1n) is 7.59. The van der Waals surface area contributed by atoms with Crippen LogP contribution in [0.25, 0.3) is 0 Å². The van der Waals surface area contributed by atoms with Gasteiger partial charge in [0, 0.05) is 18.3 Å². The molecule has 20 heavy (non-hydrogen) atoms. The molecule has 0 radical (unpaired) electrons. The molecule has 0 unspecified atom stereocenters. The number of aryl methyl sites for hydroxylation is 1. The van der Waals surface area contributed by atoms with E-state index < -0.39 is 0 Å². The van der Waals surface area contributed by atoms with Gasteiger partial charge in [-0.2, -0.15) is 0 Å². The molecule has 0 saturated heterocycles. The van der Waals surface area contributed by atoms with Crippen LogP contribution >= 0.6 is 0 Å². The van der Waals surface area contributed by atoms with Crippen LogP contribution < -0.4 is 4.90 Å². The number of hydrogen-bond donors (Lipinski definition) is 0.